The molecule has 2 unspecified atom stereocenters. The maximum absolute atomic E-state index is 11.8. The van der Waals surface area contributed by atoms with E-state index in [1.165, 1.54) is 6.26 Å². The molecule has 2 N–H and O–H groups in total. The predicted octanol–water partition coefficient (Wildman–Crippen LogP) is 2.11. The molecule has 0 aromatic heterocycles. The first-order valence-corrected chi connectivity index (χ1v) is 9.47. The lowest BCUT2D eigenvalue weighted by Gasteiger charge is -2.36. The maximum Gasteiger partial charge on any atom is 0.150 e. The number of benzene rings is 1. The lowest BCUT2D eigenvalue weighted by molar-refractivity contribution is 0.422. The summed E-state index contributed by atoms with van der Waals surface area (Å²) in [6.07, 6.45) is 4.76. The molecule has 21 heavy (non-hydrogen) atoms. The van der Waals surface area contributed by atoms with Gasteiger partial charge in [0, 0.05) is 30.6 Å². The Morgan fingerprint density at radius 3 is 2.71 bits per heavy atom. The van der Waals surface area contributed by atoms with Gasteiger partial charge in [-0.1, -0.05) is 30.8 Å². The molecule has 0 saturated heterocycles. The van der Waals surface area contributed by atoms with Gasteiger partial charge in [-0.3, -0.25) is 0 Å². The molecule has 2 atom stereocenters. The minimum atomic E-state index is -2.96. The van der Waals surface area contributed by atoms with E-state index in [0.717, 1.165) is 30.5 Å². The van der Waals surface area contributed by atoms with Crippen LogP contribution in [0.1, 0.15) is 31.2 Å². The zero-order valence-corrected chi connectivity index (χ0v) is 14.1. The summed E-state index contributed by atoms with van der Waals surface area (Å²) >= 11 is 5.01. The molecular formula is C15H22N2O2S2. The van der Waals surface area contributed by atoms with Crippen molar-refractivity contribution in [1.82, 2.24) is 0 Å². The summed E-state index contributed by atoms with van der Waals surface area (Å²) in [5, 5.41) is -0.225. The Balaban J connectivity index is 2.17. The molecule has 1 fully saturated rings. The number of hydrogen-bond acceptors (Lipinski definition) is 4. The predicted molar refractivity (Wildman–Crippen MR) is 91.6 cm³/mol. The molecule has 2 rings (SSSR count). The van der Waals surface area contributed by atoms with Crippen LogP contribution in [0.5, 0.6) is 0 Å². The van der Waals surface area contributed by atoms with Gasteiger partial charge in [-0.15, -0.1) is 0 Å². The summed E-state index contributed by atoms with van der Waals surface area (Å²) in [6, 6.07) is 8.02. The first-order chi connectivity index (χ1) is 9.79. The van der Waals surface area contributed by atoms with Gasteiger partial charge >= 0.3 is 0 Å². The Bertz CT molecular complexity index is 628. The summed E-state index contributed by atoms with van der Waals surface area (Å²) in [5.74, 6) is 0. The summed E-state index contributed by atoms with van der Waals surface area (Å²) in [4.78, 5) is 2.53. The zero-order valence-electron chi connectivity index (χ0n) is 12.5. The monoisotopic (exact) mass is 326 g/mol. The van der Waals surface area contributed by atoms with Gasteiger partial charge < -0.3 is 10.6 Å². The van der Waals surface area contributed by atoms with Crippen molar-refractivity contribution in [3.63, 3.8) is 0 Å². The van der Waals surface area contributed by atoms with Gasteiger partial charge in [0.2, 0.25) is 0 Å². The summed E-state index contributed by atoms with van der Waals surface area (Å²) < 4.78 is 23.6. The van der Waals surface area contributed by atoms with Crippen LogP contribution in [0.2, 0.25) is 0 Å². The number of nitrogens with zero attached hydrogens (tertiary/aromatic N) is 1. The number of nitrogens with two attached hydrogens (primary N) is 1. The SMILES string of the molecule is CN(c1cccc(C(N)=S)c1)C1CCCC(S(C)(=O)=O)C1. The highest BCUT2D eigenvalue weighted by atomic mass is 32.2. The molecule has 0 bridgehead atoms. The molecule has 1 saturated carbocycles. The molecule has 4 nitrogen and oxygen atoms in total. The fraction of sp³-hybridized carbons (Fsp3) is 0.533. The Morgan fingerprint density at radius 1 is 1.38 bits per heavy atom. The normalized spacial score (nSPS) is 22.8. The third-order valence-corrected chi connectivity index (χ3v) is 6.16. The fourth-order valence-corrected chi connectivity index (χ4v) is 4.24. The van der Waals surface area contributed by atoms with Crippen molar-refractivity contribution >= 4 is 32.7 Å². The molecular weight excluding hydrogens is 304 g/mol. The molecule has 0 spiro atoms. The Labute approximate surface area is 132 Å². The Morgan fingerprint density at radius 2 is 2.10 bits per heavy atom. The lowest BCUT2D eigenvalue weighted by Crippen LogP contribution is -2.40. The molecule has 1 aliphatic rings. The lowest BCUT2D eigenvalue weighted by atomic mass is 9.93. The van der Waals surface area contributed by atoms with Gasteiger partial charge in [-0.2, -0.15) is 0 Å². The molecule has 0 radical (unpaired) electrons. The highest BCUT2D eigenvalue weighted by Gasteiger charge is 2.30. The van der Waals surface area contributed by atoms with Crippen LogP contribution in [0.4, 0.5) is 5.69 Å². The van der Waals surface area contributed by atoms with E-state index in [4.69, 9.17) is 18.0 Å². The van der Waals surface area contributed by atoms with Crippen LogP contribution in [0.3, 0.4) is 0 Å². The van der Waals surface area contributed by atoms with Crippen LogP contribution in [0.25, 0.3) is 0 Å². The molecule has 0 amide bonds. The number of thiocarbonyl (C=S) groups is 1. The highest BCUT2D eigenvalue weighted by Crippen LogP contribution is 2.29. The van der Waals surface area contributed by atoms with Gasteiger partial charge in [0.05, 0.1) is 5.25 Å². The summed E-state index contributed by atoms with van der Waals surface area (Å²) in [5.41, 5.74) is 7.54. The smallest absolute Gasteiger partial charge is 0.150 e. The van der Waals surface area contributed by atoms with Crippen LogP contribution in [0.15, 0.2) is 24.3 Å². The maximum atomic E-state index is 11.8. The average molecular weight is 326 g/mol. The Kier molecular flexibility index (Phi) is 4.88. The van der Waals surface area contributed by atoms with E-state index in [0.29, 0.717) is 11.4 Å². The topological polar surface area (TPSA) is 63.4 Å². The zero-order chi connectivity index (χ0) is 15.6. The Hall–Kier alpha value is -1.14. The van der Waals surface area contributed by atoms with E-state index in [-0.39, 0.29) is 11.3 Å². The quantitative estimate of drug-likeness (QED) is 0.859. The van der Waals surface area contributed by atoms with E-state index in [9.17, 15) is 8.42 Å². The van der Waals surface area contributed by atoms with Crippen molar-refractivity contribution in [2.75, 3.05) is 18.2 Å². The van der Waals surface area contributed by atoms with Crippen molar-refractivity contribution in [3.05, 3.63) is 29.8 Å². The van der Waals surface area contributed by atoms with Crippen molar-refractivity contribution in [3.8, 4) is 0 Å². The van der Waals surface area contributed by atoms with Crippen molar-refractivity contribution in [1.29, 1.82) is 0 Å². The van der Waals surface area contributed by atoms with Crippen LogP contribution < -0.4 is 10.6 Å². The number of hydrogen-bond donors (Lipinski definition) is 1. The van der Waals surface area contributed by atoms with E-state index >= 15 is 0 Å². The van der Waals surface area contributed by atoms with Crippen molar-refractivity contribution in [2.45, 2.75) is 37.0 Å². The number of anilines is 1. The fourth-order valence-electron chi connectivity index (χ4n) is 2.95. The van der Waals surface area contributed by atoms with Crippen LogP contribution >= 0.6 is 12.2 Å². The van der Waals surface area contributed by atoms with E-state index < -0.39 is 9.84 Å². The number of rotatable bonds is 4. The first kappa shape index (κ1) is 16.2. The van der Waals surface area contributed by atoms with Gasteiger partial charge in [0.25, 0.3) is 0 Å². The van der Waals surface area contributed by atoms with Crippen LogP contribution in [-0.4, -0.2) is 38.0 Å². The first-order valence-electron chi connectivity index (χ1n) is 7.10. The molecule has 1 aromatic rings. The largest absolute Gasteiger partial charge is 0.389 e. The second-order valence-corrected chi connectivity index (χ2v) is 8.56. The van der Waals surface area contributed by atoms with Gasteiger partial charge in [-0.25, -0.2) is 8.42 Å². The van der Waals surface area contributed by atoms with Gasteiger partial charge in [-0.05, 0) is 31.4 Å². The van der Waals surface area contributed by atoms with Gasteiger partial charge in [0.15, 0.2) is 0 Å². The highest BCUT2D eigenvalue weighted by molar-refractivity contribution is 7.91. The third kappa shape index (κ3) is 3.95. The van der Waals surface area contributed by atoms with E-state index in [2.05, 4.69) is 4.90 Å². The number of sulfone groups is 1. The second-order valence-electron chi connectivity index (χ2n) is 5.80. The second kappa shape index (κ2) is 6.32. The molecule has 6 heteroatoms. The van der Waals surface area contributed by atoms with E-state index in [1.54, 1.807) is 0 Å². The van der Waals surface area contributed by atoms with Crippen LogP contribution in [0, 0.1) is 0 Å². The van der Waals surface area contributed by atoms with Crippen molar-refractivity contribution in [2.24, 2.45) is 5.73 Å². The molecule has 1 aromatic carbocycles. The van der Waals surface area contributed by atoms with Crippen molar-refractivity contribution < 1.29 is 8.42 Å². The minimum Gasteiger partial charge on any atom is -0.389 e. The van der Waals surface area contributed by atoms with Gasteiger partial charge in [0.1, 0.15) is 14.8 Å². The molecule has 0 aliphatic heterocycles. The third-order valence-electron chi connectivity index (χ3n) is 4.29. The van der Waals surface area contributed by atoms with E-state index in [1.807, 2.05) is 31.3 Å². The molecule has 0 heterocycles. The summed E-state index contributed by atoms with van der Waals surface area (Å²) in [6.45, 7) is 0. The minimum absolute atomic E-state index is 0.225. The average Bonchev–Trinajstić information content (AvgIpc) is 2.46. The molecule has 1 aliphatic carbocycles. The molecule has 116 valence electrons. The van der Waals surface area contributed by atoms with Crippen LogP contribution in [-0.2, 0) is 9.84 Å². The standard InChI is InChI=1S/C15H22N2O2S2/c1-17(12-6-3-5-11(9-12)15(16)20)13-7-4-8-14(10-13)21(2,18)19/h3,5-6,9,13-14H,4,7-8,10H2,1-2H3,(H2,16,20). The summed E-state index contributed by atoms with van der Waals surface area (Å²) in [7, 11) is -0.956.